The summed E-state index contributed by atoms with van der Waals surface area (Å²) in [6, 6.07) is 1.01. The molecule has 0 saturated heterocycles. The van der Waals surface area contributed by atoms with Crippen LogP contribution in [0.25, 0.3) is 0 Å². The Morgan fingerprint density at radius 3 is 2.53 bits per heavy atom. The molecule has 15 heavy (non-hydrogen) atoms. The molecule has 0 fully saturated rings. The largest absolute Gasteiger partial charge is 0.338 e. The third kappa shape index (κ3) is 2.61. The molecule has 3 nitrogen and oxygen atoms in total. The van der Waals surface area contributed by atoms with Crippen molar-refractivity contribution in [1.82, 2.24) is 5.32 Å². The number of carbonyl (C=O) groups excluding carboxylic acids is 1. The van der Waals surface area contributed by atoms with E-state index in [4.69, 9.17) is 0 Å². The van der Waals surface area contributed by atoms with Crippen LogP contribution in [0.4, 0.5) is 23.7 Å². The maximum atomic E-state index is 13.0. The lowest BCUT2D eigenvalue weighted by Crippen LogP contribution is -2.28. The normalized spacial score (nSPS) is 9.87. The van der Waals surface area contributed by atoms with Gasteiger partial charge in [0.25, 0.3) is 0 Å². The van der Waals surface area contributed by atoms with E-state index in [-0.39, 0.29) is 0 Å². The van der Waals surface area contributed by atoms with Crippen molar-refractivity contribution in [2.45, 2.75) is 6.92 Å². The summed E-state index contributed by atoms with van der Waals surface area (Å²) in [5, 5.41) is 4.37. The van der Waals surface area contributed by atoms with Gasteiger partial charge in [-0.3, -0.25) is 0 Å². The molecule has 0 spiro atoms. The Balaban J connectivity index is 2.87. The summed E-state index contributed by atoms with van der Waals surface area (Å²) < 4.78 is 38.2. The van der Waals surface area contributed by atoms with Crippen molar-refractivity contribution in [3.63, 3.8) is 0 Å². The van der Waals surface area contributed by atoms with Gasteiger partial charge in [-0.15, -0.1) is 0 Å². The zero-order valence-electron chi connectivity index (χ0n) is 7.90. The van der Waals surface area contributed by atoms with E-state index in [1.807, 2.05) is 5.32 Å². The van der Waals surface area contributed by atoms with Crippen molar-refractivity contribution in [3.8, 4) is 0 Å². The first-order chi connectivity index (χ1) is 7.06. The van der Waals surface area contributed by atoms with Crippen LogP contribution in [0.5, 0.6) is 0 Å². The molecule has 0 bridgehead atoms. The first-order valence-electron chi connectivity index (χ1n) is 4.24. The predicted octanol–water partition coefficient (Wildman–Crippen LogP) is 2.25. The summed E-state index contributed by atoms with van der Waals surface area (Å²) in [4.78, 5) is 11.0. The van der Waals surface area contributed by atoms with Crippen molar-refractivity contribution in [2.75, 3.05) is 11.9 Å². The highest BCUT2D eigenvalue weighted by Gasteiger charge is 2.14. The molecule has 2 amide bonds. The molecule has 0 aromatic heterocycles. The van der Waals surface area contributed by atoms with Crippen molar-refractivity contribution >= 4 is 11.7 Å². The van der Waals surface area contributed by atoms with Gasteiger partial charge in [0.05, 0.1) is 5.69 Å². The Kier molecular flexibility index (Phi) is 3.54. The maximum Gasteiger partial charge on any atom is 0.319 e. The second-order valence-electron chi connectivity index (χ2n) is 2.71. The van der Waals surface area contributed by atoms with E-state index in [1.54, 1.807) is 6.92 Å². The summed E-state index contributed by atoms with van der Waals surface area (Å²) in [6.45, 7) is 2.01. The molecule has 1 rings (SSSR count). The van der Waals surface area contributed by atoms with E-state index in [9.17, 15) is 18.0 Å². The van der Waals surface area contributed by atoms with E-state index in [0.29, 0.717) is 6.54 Å². The Morgan fingerprint density at radius 2 is 1.93 bits per heavy atom. The highest BCUT2D eigenvalue weighted by Crippen LogP contribution is 2.19. The van der Waals surface area contributed by atoms with Gasteiger partial charge in [0.2, 0.25) is 0 Å². The summed E-state index contributed by atoms with van der Waals surface area (Å²) in [5.74, 6) is -4.32. The first-order valence-corrected chi connectivity index (χ1v) is 4.24. The quantitative estimate of drug-likeness (QED) is 0.734. The molecule has 0 unspecified atom stereocenters. The van der Waals surface area contributed by atoms with Gasteiger partial charge in [0, 0.05) is 6.54 Å². The standard InChI is InChI=1S/C9H9F3N2O/c1-2-13-9(15)14-6-4-3-5(10)7(11)8(6)12/h3-4H,2H2,1H3,(H2,13,14,15). The highest BCUT2D eigenvalue weighted by atomic mass is 19.2. The minimum Gasteiger partial charge on any atom is -0.338 e. The molecule has 1 aromatic rings. The smallest absolute Gasteiger partial charge is 0.319 e. The second-order valence-corrected chi connectivity index (χ2v) is 2.71. The number of rotatable bonds is 2. The first kappa shape index (κ1) is 11.4. The Labute approximate surface area is 84.3 Å². The summed E-state index contributed by atoms with van der Waals surface area (Å²) in [6.07, 6.45) is 0. The zero-order chi connectivity index (χ0) is 11.4. The SMILES string of the molecule is CCNC(=O)Nc1ccc(F)c(F)c1F. The van der Waals surface area contributed by atoms with Gasteiger partial charge in [0.1, 0.15) is 0 Å². The van der Waals surface area contributed by atoms with Gasteiger partial charge in [-0.05, 0) is 19.1 Å². The van der Waals surface area contributed by atoms with Crippen LogP contribution >= 0.6 is 0 Å². The van der Waals surface area contributed by atoms with Crippen LogP contribution < -0.4 is 10.6 Å². The van der Waals surface area contributed by atoms with Crippen molar-refractivity contribution in [2.24, 2.45) is 0 Å². The monoisotopic (exact) mass is 218 g/mol. The molecule has 6 heteroatoms. The number of hydrogen-bond acceptors (Lipinski definition) is 1. The maximum absolute atomic E-state index is 13.0. The molecule has 0 aliphatic carbocycles. The minimum atomic E-state index is -1.61. The molecule has 0 aliphatic heterocycles. The lowest BCUT2D eigenvalue weighted by atomic mass is 10.3. The Hall–Kier alpha value is -1.72. The van der Waals surface area contributed by atoms with Crippen molar-refractivity contribution < 1.29 is 18.0 Å². The van der Waals surface area contributed by atoms with E-state index >= 15 is 0 Å². The number of amides is 2. The van der Waals surface area contributed by atoms with Gasteiger partial charge in [-0.25, -0.2) is 18.0 Å². The fourth-order valence-corrected chi connectivity index (χ4v) is 0.950. The van der Waals surface area contributed by atoms with Crippen LogP contribution in [0.1, 0.15) is 6.92 Å². The Bertz CT molecular complexity index is 382. The van der Waals surface area contributed by atoms with Crippen molar-refractivity contribution in [1.29, 1.82) is 0 Å². The molecule has 0 heterocycles. The van der Waals surface area contributed by atoms with Crippen LogP contribution in [0.2, 0.25) is 0 Å². The van der Waals surface area contributed by atoms with Gasteiger partial charge in [0.15, 0.2) is 17.5 Å². The number of urea groups is 1. The number of carbonyl (C=O) groups is 1. The van der Waals surface area contributed by atoms with E-state index in [1.165, 1.54) is 0 Å². The summed E-state index contributed by atoms with van der Waals surface area (Å²) in [7, 11) is 0. The third-order valence-electron chi connectivity index (χ3n) is 1.62. The van der Waals surface area contributed by atoms with Crippen molar-refractivity contribution in [3.05, 3.63) is 29.6 Å². The summed E-state index contributed by atoms with van der Waals surface area (Å²) >= 11 is 0. The molecule has 0 saturated carbocycles. The van der Waals surface area contributed by atoms with E-state index in [2.05, 4.69) is 5.32 Å². The van der Waals surface area contributed by atoms with Crippen LogP contribution in [-0.4, -0.2) is 12.6 Å². The highest BCUT2D eigenvalue weighted by molar-refractivity contribution is 5.89. The molecule has 0 atom stereocenters. The van der Waals surface area contributed by atoms with Crippen LogP contribution in [0.3, 0.4) is 0 Å². The van der Waals surface area contributed by atoms with Crippen LogP contribution in [-0.2, 0) is 0 Å². The molecule has 2 N–H and O–H groups in total. The average Bonchev–Trinajstić information content (AvgIpc) is 2.20. The van der Waals surface area contributed by atoms with Gasteiger partial charge in [-0.1, -0.05) is 0 Å². The molecular weight excluding hydrogens is 209 g/mol. The fourth-order valence-electron chi connectivity index (χ4n) is 0.950. The van der Waals surface area contributed by atoms with Crippen LogP contribution in [0, 0.1) is 17.5 Å². The van der Waals surface area contributed by atoms with Gasteiger partial charge < -0.3 is 10.6 Å². The predicted molar refractivity (Wildman–Crippen MR) is 49.0 cm³/mol. The Morgan fingerprint density at radius 1 is 1.27 bits per heavy atom. The van der Waals surface area contributed by atoms with E-state index in [0.717, 1.165) is 12.1 Å². The lowest BCUT2D eigenvalue weighted by Gasteiger charge is -2.07. The second kappa shape index (κ2) is 4.68. The summed E-state index contributed by atoms with van der Waals surface area (Å²) in [5.41, 5.74) is -0.403. The number of halogens is 3. The fraction of sp³-hybridized carbons (Fsp3) is 0.222. The number of nitrogens with one attached hydrogen (secondary N) is 2. The minimum absolute atomic E-state index is 0.344. The average molecular weight is 218 g/mol. The zero-order valence-corrected chi connectivity index (χ0v) is 7.90. The van der Waals surface area contributed by atoms with Crippen LogP contribution in [0.15, 0.2) is 12.1 Å². The molecule has 0 radical (unpaired) electrons. The van der Waals surface area contributed by atoms with Gasteiger partial charge >= 0.3 is 6.03 Å². The molecule has 0 aliphatic rings. The van der Waals surface area contributed by atoms with Gasteiger partial charge in [-0.2, -0.15) is 0 Å². The van der Waals surface area contributed by atoms with E-state index < -0.39 is 29.2 Å². The number of benzene rings is 1. The molecular formula is C9H9F3N2O. The number of hydrogen-bond donors (Lipinski definition) is 2. The topological polar surface area (TPSA) is 41.1 Å². The lowest BCUT2D eigenvalue weighted by molar-refractivity contribution is 0.252. The third-order valence-corrected chi connectivity index (χ3v) is 1.62. The number of anilines is 1. The molecule has 1 aromatic carbocycles. The molecule has 82 valence electrons.